The second kappa shape index (κ2) is 8.35. The molecule has 1 unspecified atom stereocenters. The van der Waals surface area contributed by atoms with Gasteiger partial charge >= 0.3 is 6.03 Å². The lowest BCUT2D eigenvalue weighted by Crippen LogP contribution is -2.45. The Balaban J connectivity index is 1.49. The zero-order chi connectivity index (χ0) is 13.3. The van der Waals surface area contributed by atoms with Crippen molar-refractivity contribution in [2.24, 2.45) is 5.92 Å². The first-order valence-corrected chi connectivity index (χ1v) is 7.37. The van der Waals surface area contributed by atoms with Crippen LogP contribution in [0.15, 0.2) is 0 Å². The summed E-state index contributed by atoms with van der Waals surface area (Å²) in [6, 6.07) is -0.0427. The molecule has 0 saturated carbocycles. The second-order valence-electron chi connectivity index (χ2n) is 5.30. The third-order valence-corrected chi connectivity index (χ3v) is 3.77. The van der Waals surface area contributed by atoms with Crippen molar-refractivity contribution in [2.75, 3.05) is 59.0 Å². The fraction of sp³-hybridized carbons (Fsp3) is 0.923. The van der Waals surface area contributed by atoms with Crippen molar-refractivity contribution >= 4 is 6.03 Å². The van der Waals surface area contributed by atoms with Gasteiger partial charge < -0.3 is 20.7 Å². The number of hydrogen-bond acceptors (Lipinski definition) is 4. The Hall–Kier alpha value is -0.850. The second-order valence-corrected chi connectivity index (χ2v) is 5.30. The molecule has 2 saturated heterocycles. The van der Waals surface area contributed by atoms with Gasteiger partial charge in [0.25, 0.3) is 0 Å². The van der Waals surface area contributed by atoms with Crippen LogP contribution < -0.4 is 16.0 Å². The van der Waals surface area contributed by atoms with Gasteiger partial charge in [-0.05, 0) is 31.8 Å². The molecule has 0 aromatic carbocycles. The molecule has 110 valence electrons. The van der Waals surface area contributed by atoms with Crippen molar-refractivity contribution in [3.63, 3.8) is 0 Å². The quantitative estimate of drug-likeness (QED) is 0.637. The van der Waals surface area contributed by atoms with Crippen molar-refractivity contribution in [2.45, 2.75) is 12.8 Å². The van der Waals surface area contributed by atoms with E-state index in [1.54, 1.807) is 0 Å². The van der Waals surface area contributed by atoms with Crippen LogP contribution in [0.2, 0.25) is 0 Å². The fourth-order valence-electron chi connectivity index (χ4n) is 2.55. The zero-order valence-electron chi connectivity index (χ0n) is 11.6. The average Bonchev–Trinajstić information content (AvgIpc) is 2.47. The normalized spacial score (nSPS) is 24.9. The molecule has 0 spiro atoms. The summed E-state index contributed by atoms with van der Waals surface area (Å²) in [5.41, 5.74) is 0. The molecule has 0 aliphatic carbocycles. The summed E-state index contributed by atoms with van der Waals surface area (Å²) in [5.74, 6) is 0.582. The summed E-state index contributed by atoms with van der Waals surface area (Å²) in [6.07, 6.45) is 2.42. The molecular formula is C13H26N4O2. The molecular weight excluding hydrogens is 244 g/mol. The maximum Gasteiger partial charge on any atom is 0.314 e. The third-order valence-electron chi connectivity index (χ3n) is 3.77. The van der Waals surface area contributed by atoms with Crippen LogP contribution in [0.1, 0.15) is 12.8 Å². The number of urea groups is 1. The minimum atomic E-state index is -0.0427. The minimum absolute atomic E-state index is 0.0427. The van der Waals surface area contributed by atoms with Crippen LogP contribution >= 0.6 is 0 Å². The Morgan fingerprint density at radius 3 is 2.89 bits per heavy atom. The van der Waals surface area contributed by atoms with E-state index in [2.05, 4.69) is 20.9 Å². The number of nitrogens with one attached hydrogen (secondary N) is 3. The van der Waals surface area contributed by atoms with E-state index in [9.17, 15) is 4.79 Å². The van der Waals surface area contributed by atoms with E-state index in [-0.39, 0.29) is 6.03 Å². The van der Waals surface area contributed by atoms with E-state index >= 15 is 0 Å². The highest BCUT2D eigenvalue weighted by Crippen LogP contribution is 2.07. The molecule has 3 N–H and O–H groups in total. The van der Waals surface area contributed by atoms with Crippen molar-refractivity contribution < 1.29 is 9.53 Å². The van der Waals surface area contributed by atoms with Gasteiger partial charge in [0.1, 0.15) is 0 Å². The summed E-state index contributed by atoms with van der Waals surface area (Å²) in [7, 11) is 0. The Morgan fingerprint density at radius 1 is 1.32 bits per heavy atom. The van der Waals surface area contributed by atoms with Gasteiger partial charge in [-0.15, -0.1) is 0 Å². The van der Waals surface area contributed by atoms with Gasteiger partial charge in [-0.25, -0.2) is 4.79 Å². The lowest BCUT2D eigenvalue weighted by molar-refractivity contribution is 0.0387. The number of piperidine rings is 1. The topological polar surface area (TPSA) is 65.6 Å². The van der Waals surface area contributed by atoms with E-state index in [1.165, 1.54) is 12.8 Å². The van der Waals surface area contributed by atoms with Crippen LogP contribution in [0.5, 0.6) is 0 Å². The Labute approximate surface area is 115 Å². The average molecular weight is 270 g/mol. The standard InChI is InChI=1S/C13H26N4O2/c18-13(16-11-12-2-1-3-14-10-12)15-4-5-17-6-8-19-9-7-17/h12,14H,1-11H2,(H2,15,16,18). The number of rotatable bonds is 5. The molecule has 2 heterocycles. The highest BCUT2D eigenvalue weighted by Gasteiger charge is 2.14. The first-order valence-electron chi connectivity index (χ1n) is 7.37. The first kappa shape index (κ1) is 14.6. The maximum absolute atomic E-state index is 11.6. The van der Waals surface area contributed by atoms with E-state index in [0.29, 0.717) is 12.5 Å². The molecule has 6 heteroatoms. The van der Waals surface area contributed by atoms with Gasteiger partial charge in [0, 0.05) is 32.7 Å². The molecule has 0 radical (unpaired) electrons. The molecule has 0 aromatic heterocycles. The van der Waals surface area contributed by atoms with E-state index in [4.69, 9.17) is 4.74 Å². The van der Waals surface area contributed by atoms with E-state index in [1.807, 2.05) is 0 Å². The zero-order valence-corrected chi connectivity index (χ0v) is 11.6. The number of hydrogen-bond donors (Lipinski definition) is 3. The van der Waals surface area contributed by atoms with Crippen molar-refractivity contribution in [1.29, 1.82) is 0 Å². The smallest absolute Gasteiger partial charge is 0.314 e. The molecule has 1 atom stereocenters. The van der Waals surface area contributed by atoms with Gasteiger partial charge in [0.2, 0.25) is 0 Å². The van der Waals surface area contributed by atoms with E-state index < -0.39 is 0 Å². The molecule has 19 heavy (non-hydrogen) atoms. The van der Waals surface area contributed by atoms with Gasteiger partial charge in [-0.2, -0.15) is 0 Å². The lowest BCUT2D eigenvalue weighted by atomic mass is 10.00. The summed E-state index contributed by atoms with van der Waals surface area (Å²) in [6.45, 7) is 8.07. The molecule has 6 nitrogen and oxygen atoms in total. The molecule has 0 aromatic rings. The summed E-state index contributed by atoms with van der Waals surface area (Å²) in [4.78, 5) is 14.0. The molecule has 2 aliphatic rings. The predicted molar refractivity (Wildman–Crippen MR) is 74.3 cm³/mol. The number of ether oxygens (including phenoxy) is 1. The monoisotopic (exact) mass is 270 g/mol. The molecule has 2 aliphatic heterocycles. The summed E-state index contributed by atoms with van der Waals surface area (Å²) >= 11 is 0. The van der Waals surface area contributed by atoms with Crippen molar-refractivity contribution in [3.8, 4) is 0 Å². The highest BCUT2D eigenvalue weighted by molar-refractivity contribution is 5.73. The van der Waals surface area contributed by atoms with Crippen molar-refractivity contribution in [1.82, 2.24) is 20.9 Å². The maximum atomic E-state index is 11.6. The Morgan fingerprint density at radius 2 is 2.16 bits per heavy atom. The summed E-state index contributed by atoms with van der Waals surface area (Å²) < 4.78 is 5.29. The Kier molecular flexibility index (Phi) is 6.39. The minimum Gasteiger partial charge on any atom is -0.379 e. The highest BCUT2D eigenvalue weighted by atomic mass is 16.5. The van der Waals surface area contributed by atoms with Gasteiger partial charge in [0.15, 0.2) is 0 Å². The molecule has 0 bridgehead atoms. The lowest BCUT2D eigenvalue weighted by Gasteiger charge is -2.26. The first-order chi connectivity index (χ1) is 9.34. The van der Waals surface area contributed by atoms with Crippen LogP contribution in [0.4, 0.5) is 4.79 Å². The van der Waals surface area contributed by atoms with Gasteiger partial charge in [0.05, 0.1) is 13.2 Å². The number of carbonyl (C=O) groups excluding carboxylic acids is 1. The van der Waals surface area contributed by atoms with Crippen LogP contribution in [0.25, 0.3) is 0 Å². The molecule has 2 amide bonds. The van der Waals surface area contributed by atoms with Gasteiger partial charge in [-0.1, -0.05) is 0 Å². The van der Waals surface area contributed by atoms with E-state index in [0.717, 1.165) is 52.5 Å². The number of morpholine rings is 1. The SMILES string of the molecule is O=C(NCCN1CCOCC1)NCC1CCCNC1. The van der Waals surface area contributed by atoms with Gasteiger partial charge in [-0.3, -0.25) is 4.90 Å². The van der Waals surface area contributed by atoms with Crippen LogP contribution in [-0.4, -0.2) is 70.0 Å². The summed E-state index contributed by atoms with van der Waals surface area (Å²) in [5, 5.41) is 9.23. The largest absolute Gasteiger partial charge is 0.379 e. The number of nitrogens with zero attached hydrogens (tertiary/aromatic N) is 1. The Bertz CT molecular complexity index is 263. The number of carbonyl (C=O) groups is 1. The molecule has 2 fully saturated rings. The molecule has 2 rings (SSSR count). The predicted octanol–water partition coefficient (Wildman–Crippen LogP) is -0.383. The van der Waals surface area contributed by atoms with Crippen LogP contribution in [-0.2, 0) is 4.74 Å². The van der Waals surface area contributed by atoms with Crippen LogP contribution in [0, 0.1) is 5.92 Å². The number of amides is 2. The van der Waals surface area contributed by atoms with Crippen molar-refractivity contribution in [3.05, 3.63) is 0 Å². The third kappa shape index (κ3) is 5.76. The van der Waals surface area contributed by atoms with Crippen LogP contribution in [0.3, 0.4) is 0 Å². The fourth-order valence-corrected chi connectivity index (χ4v) is 2.55.